The number of fused-ring (bicyclic) bond motifs is 2. The van der Waals surface area contributed by atoms with Crippen molar-refractivity contribution in [2.75, 3.05) is 0 Å². The van der Waals surface area contributed by atoms with Crippen molar-refractivity contribution in [3.05, 3.63) is 96.1 Å². The second kappa shape index (κ2) is 5.65. The van der Waals surface area contributed by atoms with Crippen molar-refractivity contribution in [1.82, 2.24) is 0 Å². The molecule has 0 saturated heterocycles. The highest BCUT2D eigenvalue weighted by molar-refractivity contribution is 5.86. The highest BCUT2D eigenvalue weighted by Gasteiger charge is 2.02. The number of benzene rings is 4. The first-order valence-electron chi connectivity index (χ1n) is 7.84. The van der Waals surface area contributed by atoms with Crippen molar-refractivity contribution in [1.29, 1.82) is 0 Å². The van der Waals surface area contributed by atoms with Gasteiger partial charge >= 0.3 is 0 Å². The summed E-state index contributed by atoms with van der Waals surface area (Å²) in [5.41, 5.74) is 2.85. The van der Waals surface area contributed by atoms with Crippen LogP contribution in [-0.2, 0) is 12.8 Å². The molecule has 0 heterocycles. The summed E-state index contributed by atoms with van der Waals surface area (Å²) in [6.07, 6.45) is 2.17. The quantitative estimate of drug-likeness (QED) is 0.447. The fourth-order valence-electron chi connectivity index (χ4n) is 3.18. The molecule has 4 rings (SSSR count). The van der Waals surface area contributed by atoms with Gasteiger partial charge in [0.15, 0.2) is 0 Å². The van der Waals surface area contributed by atoms with E-state index in [-0.39, 0.29) is 0 Å². The standard InChI is InChI=1S/C22H18/c1-2-8-21-16-17(12-14-18(21)6-1)13-15-20-10-5-9-19-7-3-4-11-22(19)20/h1-12,14,16H,13,15H2. The number of hydrogen-bond donors (Lipinski definition) is 0. The topological polar surface area (TPSA) is 0 Å². The van der Waals surface area contributed by atoms with Crippen LogP contribution in [0.5, 0.6) is 0 Å². The second-order valence-electron chi connectivity index (χ2n) is 5.82. The third kappa shape index (κ3) is 2.48. The van der Waals surface area contributed by atoms with E-state index < -0.39 is 0 Å². The molecule has 0 aliphatic rings. The molecule has 22 heavy (non-hydrogen) atoms. The predicted octanol–water partition coefficient (Wildman–Crippen LogP) is 5.78. The van der Waals surface area contributed by atoms with Crippen molar-refractivity contribution in [2.24, 2.45) is 0 Å². The van der Waals surface area contributed by atoms with Crippen molar-refractivity contribution in [2.45, 2.75) is 12.8 Å². The van der Waals surface area contributed by atoms with E-state index in [4.69, 9.17) is 0 Å². The summed E-state index contributed by atoms with van der Waals surface area (Å²) in [5, 5.41) is 5.36. The highest BCUT2D eigenvalue weighted by Crippen LogP contribution is 2.21. The van der Waals surface area contributed by atoms with E-state index in [1.807, 2.05) is 0 Å². The summed E-state index contributed by atoms with van der Waals surface area (Å²) in [7, 11) is 0. The Hall–Kier alpha value is -2.60. The molecule has 0 fully saturated rings. The first-order valence-corrected chi connectivity index (χ1v) is 7.84. The minimum absolute atomic E-state index is 1.08. The molecule has 0 amide bonds. The maximum atomic E-state index is 2.32. The Morgan fingerprint density at radius 2 is 1.23 bits per heavy atom. The van der Waals surface area contributed by atoms with E-state index in [9.17, 15) is 0 Å². The summed E-state index contributed by atoms with van der Waals surface area (Å²) < 4.78 is 0. The minimum Gasteiger partial charge on any atom is -0.0616 e. The van der Waals surface area contributed by atoms with Gasteiger partial charge in [-0.3, -0.25) is 0 Å². The Balaban J connectivity index is 1.63. The lowest BCUT2D eigenvalue weighted by Crippen LogP contribution is -1.92. The Bertz CT molecular complexity index is 929. The Morgan fingerprint density at radius 1 is 0.500 bits per heavy atom. The molecule has 0 atom stereocenters. The van der Waals surface area contributed by atoms with Crippen LogP contribution in [0, 0.1) is 0 Å². The van der Waals surface area contributed by atoms with E-state index in [1.54, 1.807) is 0 Å². The van der Waals surface area contributed by atoms with Crippen molar-refractivity contribution in [3.63, 3.8) is 0 Å². The summed E-state index contributed by atoms with van der Waals surface area (Å²) in [5.74, 6) is 0. The Morgan fingerprint density at radius 3 is 2.14 bits per heavy atom. The van der Waals surface area contributed by atoms with Gasteiger partial charge < -0.3 is 0 Å². The lowest BCUT2D eigenvalue weighted by atomic mass is 9.97. The first kappa shape index (κ1) is 13.1. The van der Waals surface area contributed by atoms with Crippen LogP contribution in [0.4, 0.5) is 0 Å². The van der Waals surface area contributed by atoms with Gasteiger partial charge in [0.1, 0.15) is 0 Å². The van der Waals surface area contributed by atoms with E-state index in [0.29, 0.717) is 0 Å². The molecule has 4 aromatic rings. The minimum atomic E-state index is 1.08. The maximum Gasteiger partial charge on any atom is -0.0152 e. The summed E-state index contributed by atoms with van der Waals surface area (Å²) >= 11 is 0. The molecule has 0 saturated carbocycles. The fourth-order valence-corrected chi connectivity index (χ4v) is 3.18. The number of hydrogen-bond acceptors (Lipinski definition) is 0. The van der Waals surface area contributed by atoms with E-state index >= 15 is 0 Å². The molecule has 0 aliphatic carbocycles. The maximum absolute atomic E-state index is 2.32. The molecule has 0 aromatic heterocycles. The molecule has 0 aliphatic heterocycles. The zero-order valence-corrected chi connectivity index (χ0v) is 12.5. The van der Waals surface area contributed by atoms with Gasteiger partial charge in [-0.2, -0.15) is 0 Å². The van der Waals surface area contributed by atoms with Gasteiger partial charge in [0, 0.05) is 0 Å². The molecule has 0 N–H and O–H groups in total. The highest BCUT2D eigenvalue weighted by atomic mass is 14.1. The lowest BCUT2D eigenvalue weighted by molar-refractivity contribution is 0.971. The second-order valence-corrected chi connectivity index (χ2v) is 5.82. The van der Waals surface area contributed by atoms with Crippen LogP contribution in [0.25, 0.3) is 21.5 Å². The molecular weight excluding hydrogens is 264 g/mol. The van der Waals surface area contributed by atoms with Crippen molar-refractivity contribution < 1.29 is 0 Å². The normalized spacial score (nSPS) is 11.1. The average molecular weight is 282 g/mol. The SMILES string of the molecule is c1ccc2cc(CCc3cccc4ccccc34)ccc2c1. The van der Waals surface area contributed by atoms with Crippen molar-refractivity contribution >= 4 is 21.5 Å². The van der Waals surface area contributed by atoms with Crippen LogP contribution in [-0.4, -0.2) is 0 Å². The van der Waals surface area contributed by atoms with Crippen LogP contribution in [0.15, 0.2) is 84.9 Å². The molecule has 0 unspecified atom stereocenters. The molecule has 106 valence electrons. The third-order valence-corrected chi connectivity index (χ3v) is 4.38. The molecule has 0 radical (unpaired) electrons. The zero-order chi connectivity index (χ0) is 14.8. The van der Waals surface area contributed by atoms with Crippen LogP contribution in [0.3, 0.4) is 0 Å². The first-order chi connectivity index (χ1) is 10.9. The smallest absolute Gasteiger partial charge is 0.0152 e. The summed E-state index contributed by atoms with van der Waals surface area (Å²) in [6, 6.07) is 30.6. The van der Waals surface area contributed by atoms with Crippen LogP contribution >= 0.6 is 0 Å². The zero-order valence-electron chi connectivity index (χ0n) is 12.5. The molecular formula is C22H18. The van der Waals surface area contributed by atoms with Gasteiger partial charge in [0.05, 0.1) is 0 Å². The molecule has 0 nitrogen and oxygen atoms in total. The lowest BCUT2D eigenvalue weighted by Gasteiger charge is -2.07. The van der Waals surface area contributed by atoms with Crippen LogP contribution < -0.4 is 0 Å². The van der Waals surface area contributed by atoms with E-state index in [0.717, 1.165) is 12.8 Å². The van der Waals surface area contributed by atoms with E-state index in [1.165, 1.54) is 32.7 Å². The predicted molar refractivity (Wildman–Crippen MR) is 95.3 cm³/mol. The van der Waals surface area contributed by atoms with Gasteiger partial charge in [0.25, 0.3) is 0 Å². The van der Waals surface area contributed by atoms with Crippen molar-refractivity contribution in [3.8, 4) is 0 Å². The van der Waals surface area contributed by atoms with Gasteiger partial charge in [0.2, 0.25) is 0 Å². The summed E-state index contributed by atoms with van der Waals surface area (Å²) in [6.45, 7) is 0. The monoisotopic (exact) mass is 282 g/mol. The molecule has 0 heteroatoms. The largest absolute Gasteiger partial charge is 0.0616 e. The summed E-state index contributed by atoms with van der Waals surface area (Å²) in [4.78, 5) is 0. The van der Waals surface area contributed by atoms with Gasteiger partial charge in [-0.15, -0.1) is 0 Å². The fraction of sp³-hybridized carbons (Fsp3) is 0.0909. The van der Waals surface area contributed by atoms with Gasteiger partial charge in [-0.05, 0) is 45.5 Å². The van der Waals surface area contributed by atoms with Crippen LogP contribution in [0.2, 0.25) is 0 Å². The molecule has 0 bridgehead atoms. The number of aryl methyl sites for hydroxylation is 2. The number of rotatable bonds is 3. The Kier molecular flexibility index (Phi) is 3.36. The molecule has 0 spiro atoms. The average Bonchev–Trinajstić information content (AvgIpc) is 2.60. The van der Waals surface area contributed by atoms with E-state index in [2.05, 4.69) is 84.9 Å². The van der Waals surface area contributed by atoms with Gasteiger partial charge in [-0.1, -0.05) is 84.9 Å². The van der Waals surface area contributed by atoms with Gasteiger partial charge in [-0.25, -0.2) is 0 Å². The molecule has 4 aromatic carbocycles. The van der Waals surface area contributed by atoms with Crippen LogP contribution in [0.1, 0.15) is 11.1 Å². The Labute approximate surface area is 131 Å². The third-order valence-electron chi connectivity index (χ3n) is 4.38.